The Morgan fingerprint density at radius 2 is 1.58 bits per heavy atom. The topological polar surface area (TPSA) is 13.7 Å². The second kappa shape index (κ2) is 11.4. The van der Waals surface area contributed by atoms with Gasteiger partial charge in [-0.15, -0.1) is 0 Å². The Morgan fingerprint density at radius 1 is 0.885 bits per heavy atom. The van der Waals surface area contributed by atoms with Crippen LogP contribution >= 0.6 is 0 Å². The molecule has 1 fully saturated rings. The summed E-state index contributed by atoms with van der Waals surface area (Å²) >= 11 is 0. The average Bonchev–Trinajstić information content (AvgIpc) is 2.68. The molecule has 1 heterocycles. The number of hydrogen-bond donors (Lipinski definition) is 1. The molecule has 2 aromatic carbocycles. The molecule has 0 amide bonds. The molecule has 0 unspecified atom stereocenters. The highest BCUT2D eigenvalue weighted by Crippen LogP contribution is 2.19. The summed E-state index contributed by atoms with van der Waals surface area (Å²) in [5.41, 5.74) is 2.94. The molecule has 0 radical (unpaired) electrons. The van der Waals surface area contributed by atoms with Crippen molar-refractivity contribution in [3.63, 3.8) is 0 Å². The first-order valence-electron chi connectivity index (χ1n) is 9.84. The second-order valence-corrected chi connectivity index (χ2v) is 7.44. The van der Waals surface area contributed by atoms with E-state index in [1.165, 1.54) is 69.3 Å². The molecule has 1 N–H and O–H groups in total. The molecule has 0 atom stereocenters. The predicted octanol–water partition coefficient (Wildman–Crippen LogP) is 0.560. The quantitative estimate of drug-likeness (QED) is 0.619. The molecule has 0 bridgehead atoms. The molecule has 142 valence electrons. The summed E-state index contributed by atoms with van der Waals surface area (Å²) in [6, 6.07) is 19.5. The van der Waals surface area contributed by atoms with Gasteiger partial charge in [0.2, 0.25) is 0 Å². The van der Waals surface area contributed by atoms with Crippen LogP contribution in [0.25, 0.3) is 0 Å². The molecule has 1 saturated heterocycles. The predicted molar refractivity (Wildman–Crippen MR) is 104 cm³/mol. The maximum atomic E-state index is 5.24. The number of methoxy groups -OCH3 is 1. The van der Waals surface area contributed by atoms with E-state index in [0.717, 1.165) is 11.7 Å². The van der Waals surface area contributed by atoms with Gasteiger partial charge in [0, 0.05) is 0 Å². The van der Waals surface area contributed by atoms with Gasteiger partial charge in [-0.25, -0.2) is 0 Å². The third kappa shape index (κ3) is 6.77. The van der Waals surface area contributed by atoms with Crippen LogP contribution in [0.3, 0.4) is 0 Å². The van der Waals surface area contributed by atoms with Crippen LogP contribution in [0, 0.1) is 5.92 Å². The highest BCUT2D eigenvalue weighted by Gasteiger charge is 2.21. The minimum Gasteiger partial charge on any atom is -1.00 e. The number of halogens is 1. The Kier molecular flexibility index (Phi) is 9.21. The SMILES string of the molecule is COc1ccc(CC2CC[NH+](CCCCc3ccccc3)CC2)cc1.[Br-]. The van der Waals surface area contributed by atoms with E-state index in [9.17, 15) is 0 Å². The molecule has 3 rings (SSSR count). The minimum absolute atomic E-state index is 0. The second-order valence-electron chi connectivity index (χ2n) is 7.44. The molecule has 1 aliphatic heterocycles. The molecule has 3 heteroatoms. The average molecular weight is 418 g/mol. The van der Waals surface area contributed by atoms with Gasteiger partial charge in [0.05, 0.1) is 26.7 Å². The normalized spacial score (nSPS) is 19.6. The van der Waals surface area contributed by atoms with Crippen LogP contribution < -0.4 is 26.6 Å². The maximum Gasteiger partial charge on any atom is 0.118 e. The summed E-state index contributed by atoms with van der Waals surface area (Å²) in [5.74, 6) is 1.82. The van der Waals surface area contributed by atoms with Crippen LogP contribution in [0.1, 0.15) is 36.8 Å². The van der Waals surface area contributed by atoms with Crippen LogP contribution in [-0.4, -0.2) is 26.7 Å². The fraction of sp³-hybridized carbons (Fsp3) is 0.478. The smallest absolute Gasteiger partial charge is 0.118 e. The Balaban J connectivity index is 0.00000243. The van der Waals surface area contributed by atoms with Crippen molar-refractivity contribution in [1.82, 2.24) is 0 Å². The lowest BCUT2D eigenvalue weighted by molar-refractivity contribution is -0.906. The van der Waals surface area contributed by atoms with Gasteiger partial charge in [0.15, 0.2) is 0 Å². The molecule has 0 aromatic heterocycles. The fourth-order valence-electron chi connectivity index (χ4n) is 3.98. The first kappa shape index (κ1) is 21.0. The molecule has 26 heavy (non-hydrogen) atoms. The highest BCUT2D eigenvalue weighted by molar-refractivity contribution is 5.27. The lowest BCUT2D eigenvalue weighted by Gasteiger charge is -2.29. The van der Waals surface area contributed by atoms with Gasteiger partial charge in [-0.2, -0.15) is 0 Å². The van der Waals surface area contributed by atoms with Gasteiger partial charge in [-0.05, 0) is 67.7 Å². The van der Waals surface area contributed by atoms with Crippen LogP contribution in [0.5, 0.6) is 5.75 Å². The third-order valence-corrected chi connectivity index (χ3v) is 5.58. The summed E-state index contributed by atoms with van der Waals surface area (Å²) in [4.78, 5) is 1.82. The lowest BCUT2D eigenvalue weighted by atomic mass is 9.90. The number of likely N-dealkylation sites (tertiary alicyclic amines) is 1. The number of hydrogen-bond acceptors (Lipinski definition) is 1. The molecule has 0 saturated carbocycles. The first-order valence-corrected chi connectivity index (χ1v) is 9.84. The number of unbranched alkanes of at least 4 members (excludes halogenated alkanes) is 1. The van der Waals surface area contributed by atoms with Crippen molar-refractivity contribution >= 4 is 0 Å². The molecule has 2 nitrogen and oxygen atoms in total. The third-order valence-electron chi connectivity index (χ3n) is 5.58. The number of nitrogens with one attached hydrogen (secondary N) is 1. The van der Waals surface area contributed by atoms with Crippen molar-refractivity contribution in [3.8, 4) is 5.75 Å². The minimum atomic E-state index is 0. The van der Waals surface area contributed by atoms with Crippen molar-refractivity contribution in [2.24, 2.45) is 5.92 Å². The molecular weight excluding hydrogens is 386 g/mol. The number of piperidine rings is 1. The molecular formula is C23H32BrNO. The summed E-state index contributed by atoms with van der Waals surface area (Å²) < 4.78 is 5.24. The Labute approximate surface area is 169 Å². The van der Waals surface area contributed by atoms with E-state index in [-0.39, 0.29) is 17.0 Å². The maximum absolute atomic E-state index is 5.24. The van der Waals surface area contributed by atoms with Crippen molar-refractivity contribution in [1.29, 1.82) is 0 Å². The van der Waals surface area contributed by atoms with E-state index >= 15 is 0 Å². The summed E-state index contributed by atoms with van der Waals surface area (Å²) in [6.07, 6.45) is 7.88. The van der Waals surface area contributed by atoms with Gasteiger partial charge in [0.25, 0.3) is 0 Å². The van der Waals surface area contributed by atoms with Gasteiger partial charge < -0.3 is 26.6 Å². The monoisotopic (exact) mass is 417 g/mol. The number of benzene rings is 2. The largest absolute Gasteiger partial charge is 1.00 e. The van der Waals surface area contributed by atoms with Crippen LogP contribution in [-0.2, 0) is 12.8 Å². The molecule has 0 spiro atoms. The molecule has 1 aliphatic rings. The van der Waals surface area contributed by atoms with Crippen LogP contribution in [0.15, 0.2) is 54.6 Å². The zero-order valence-electron chi connectivity index (χ0n) is 15.9. The van der Waals surface area contributed by atoms with E-state index in [2.05, 4.69) is 54.6 Å². The van der Waals surface area contributed by atoms with Gasteiger partial charge >= 0.3 is 0 Å². The first-order chi connectivity index (χ1) is 12.3. The van der Waals surface area contributed by atoms with Crippen molar-refractivity contribution in [2.45, 2.75) is 38.5 Å². The summed E-state index contributed by atoms with van der Waals surface area (Å²) in [6.45, 7) is 4.06. The number of rotatable bonds is 8. The van der Waals surface area contributed by atoms with E-state index < -0.39 is 0 Å². The number of quaternary nitrogens is 1. The molecule has 2 aromatic rings. The zero-order valence-corrected chi connectivity index (χ0v) is 17.5. The summed E-state index contributed by atoms with van der Waals surface area (Å²) in [5, 5.41) is 0. The summed E-state index contributed by atoms with van der Waals surface area (Å²) in [7, 11) is 1.73. The van der Waals surface area contributed by atoms with E-state index in [1.54, 1.807) is 7.11 Å². The lowest BCUT2D eigenvalue weighted by Crippen LogP contribution is -3.13. The van der Waals surface area contributed by atoms with Crippen molar-refractivity contribution < 1.29 is 26.6 Å². The Bertz CT molecular complexity index is 606. The van der Waals surface area contributed by atoms with E-state index in [4.69, 9.17) is 4.74 Å². The van der Waals surface area contributed by atoms with Gasteiger partial charge in [-0.3, -0.25) is 0 Å². The van der Waals surface area contributed by atoms with Gasteiger partial charge in [0.1, 0.15) is 5.75 Å². The number of ether oxygens (including phenoxy) is 1. The van der Waals surface area contributed by atoms with Crippen molar-refractivity contribution in [3.05, 3.63) is 65.7 Å². The zero-order chi connectivity index (χ0) is 17.3. The van der Waals surface area contributed by atoms with E-state index in [0.29, 0.717) is 0 Å². The fourth-order valence-corrected chi connectivity index (χ4v) is 3.98. The van der Waals surface area contributed by atoms with Crippen LogP contribution in [0.4, 0.5) is 0 Å². The standard InChI is InChI=1S/C23H31NO.BrH/c1-25-23-12-10-21(11-13-23)19-22-14-17-24(18-15-22)16-6-5-9-20-7-3-2-4-8-20;/h2-4,7-8,10-13,22H,5-6,9,14-19H2,1H3;1H. The van der Waals surface area contributed by atoms with Crippen LogP contribution in [0.2, 0.25) is 0 Å². The Morgan fingerprint density at radius 3 is 2.23 bits per heavy atom. The van der Waals surface area contributed by atoms with Gasteiger partial charge in [-0.1, -0.05) is 42.5 Å². The van der Waals surface area contributed by atoms with Crippen molar-refractivity contribution in [2.75, 3.05) is 26.7 Å². The molecule has 0 aliphatic carbocycles. The highest BCUT2D eigenvalue weighted by atomic mass is 79.9. The Hall–Kier alpha value is -1.32. The van der Waals surface area contributed by atoms with E-state index in [1.807, 2.05) is 4.90 Å². The number of aryl methyl sites for hydroxylation is 1.